The third-order valence-corrected chi connectivity index (χ3v) is 8.80. The van der Waals surface area contributed by atoms with Crippen molar-refractivity contribution in [1.29, 1.82) is 0 Å². The molecule has 0 aromatic heterocycles. The van der Waals surface area contributed by atoms with Crippen LogP contribution in [0.1, 0.15) is 0 Å². The average Bonchev–Trinajstić information content (AvgIpc) is 3.34. The molecule has 5 heterocycles. The maximum Gasteiger partial charge on any atom is 0.335 e. The van der Waals surface area contributed by atoms with Gasteiger partial charge >= 0.3 is 5.97 Å². The van der Waals surface area contributed by atoms with E-state index in [1.807, 2.05) is 0 Å². The van der Waals surface area contributed by atoms with E-state index in [1.54, 1.807) is 0 Å². The van der Waals surface area contributed by atoms with Crippen LogP contribution < -0.4 is 0 Å². The zero-order chi connectivity index (χ0) is 35.9. The standard InChI is InChI=1S/C26H42O23/c27-1-6-10(30)15(35)24(44-6)47-18-8(4-43-23(17(18)37)45-7-3-41-22(40)14(34)11(7)31)46-26-20(9(29)5(28)2-42-26)49-25-16(36)12(32)13(33)19(48-25)21(38)39/h5-20,22-37,40H,1-4H2,(H,38,39)/t5-,6+,7-,8-,9+,10+,11+,12+,13+,14-,15-,16-,17-,18+,19+,20-,22?,23+,24+,25-,26+/m1/s1. The van der Waals surface area contributed by atoms with Gasteiger partial charge in [-0.25, -0.2) is 4.79 Å². The van der Waals surface area contributed by atoms with Crippen LogP contribution in [0.25, 0.3) is 0 Å². The lowest BCUT2D eigenvalue weighted by atomic mass is 9.98. The number of hydrogen-bond acceptors (Lipinski definition) is 22. The Hall–Kier alpha value is -1.37. The van der Waals surface area contributed by atoms with Gasteiger partial charge in [-0.2, -0.15) is 0 Å². The molecule has 0 aromatic rings. The molecule has 284 valence electrons. The molecule has 5 fully saturated rings. The second-order valence-electron chi connectivity index (χ2n) is 12.1. The molecule has 0 aromatic carbocycles. The summed E-state index contributed by atoms with van der Waals surface area (Å²) in [6.45, 7) is -2.33. The molecular formula is C26H42O23. The van der Waals surface area contributed by atoms with Gasteiger partial charge < -0.3 is 109 Å². The molecule has 23 heteroatoms. The van der Waals surface area contributed by atoms with Gasteiger partial charge in [0.2, 0.25) is 0 Å². The molecule has 13 N–H and O–H groups in total. The van der Waals surface area contributed by atoms with Gasteiger partial charge in [0.15, 0.2) is 37.6 Å². The summed E-state index contributed by atoms with van der Waals surface area (Å²) >= 11 is 0. The number of aliphatic hydroxyl groups is 12. The van der Waals surface area contributed by atoms with E-state index in [9.17, 15) is 71.2 Å². The summed E-state index contributed by atoms with van der Waals surface area (Å²) in [5.74, 6) is -1.73. The van der Waals surface area contributed by atoms with Gasteiger partial charge in [-0.1, -0.05) is 0 Å². The minimum absolute atomic E-state index is 0.453. The fourth-order valence-electron chi connectivity index (χ4n) is 5.89. The summed E-state index contributed by atoms with van der Waals surface area (Å²) in [5, 5.41) is 133. The third kappa shape index (κ3) is 8.02. The number of rotatable bonds is 10. The molecule has 23 nitrogen and oxygen atoms in total. The lowest BCUT2D eigenvalue weighted by molar-refractivity contribution is -0.380. The number of aliphatic hydroxyl groups excluding tert-OH is 12. The molecule has 0 saturated carbocycles. The van der Waals surface area contributed by atoms with Crippen LogP contribution in [0.3, 0.4) is 0 Å². The van der Waals surface area contributed by atoms with Crippen molar-refractivity contribution in [2.75, 3.05) is 26.4 Å². The van der Waals surface area contributed by atoms with E-state index >= 15 is 0 Å². The first-order valence-corrected chi connectivity index (χ1v) is 15.2. The Morgan fingerprint density at radius 1 is 0.531 bits per heavy atom. The highest BCUT2D eigenvalue weighted by molar-refractivity contribution is 5.73. The van der Waals surface area contributed by atoms with Gasteiger partial charge in [-0.3, -0.25) is 0 Å². The molecular weight excluding hydrogens is 680 g/mol. The molecule has 0 spiro atoms. The zero-order valence-corrected chi connectivity index (χ0v) is 25.3. The van der Waals surface area contributed by atoms with Crippen LogP contribution in [0.15, 0.2) is 0 Å². The minimum atomic E-state index is -2.09. The van der Waals surface area contributed by atoms with Crippen molar-refractivity contribution in [2.24, 2.45) is 0 Å². The minimum Gasteiger partial charge on any atom is -0.479 e. The maximum absolute atomic E-state index is 11.6. The summed E-state index contributed by atoms with van der Waals surface area (Å²) in [5.41, 5.74) is 0. The fraction of sp³-hybridized carbons (Fsp3) is 0.962. The molecule has 49 heavy (non-hydrogen) atoms. The van der Waals surface area contributed by atoms with Crippen molar-refractivity contribution in [3.05, 3.63) is 0 Å². The first-order chi connectivity index (χ1) is 23.1. The molecule has 0 bridgehead atoms. The lowest BCUT2D eigenvalue weighted by Crippen LogP contribution is -2.65. The Bertz CT molecular complexity index is 1090. The van der Waals surface area contributed by atoms with Crippen LogP contribution in [0.5, 0.6) is 0 Å². The van der Waals surface area contributed by atoms with Crippen LogP contribution in [0.4, 0.5) is 0 Å². The van der Waals surface area contributed by atoms with Crippen LogP contribution in [0.2, 0.25) is 0 Å². The van der Waals surface area contributed by atoms with Crippen LogP contribution in [-0.2, 0) is 47.4 Å². The average molecular weight is 723 g/mol. The molecule has 0 aliphatic carbocycles. The highest BCUT2D eigenvalue weighted by Crippen LogP contribution is 2.33. The number of ether oxygens (including phenoxy) is 9. The van der Waals surface area contributed by atoms with E-state index in [0.717, 1.165) is 0 Å². The summed E-state index contributed by atoms with van der Waals surface area (Å²) in [6.07, 6.45) is -37.1. The van der Waals surface area contributed by atoms with E-state index in [2.05, 4.69) is 0 Å². The van der Waals surface area contributed by atoms with Gasteiger partial charge in [0.1, 0.15) is 91.6 Å². The number of carboxylic acid groups (broad SMARTS) is 1. The number of carboxylic acids is 1. The topological polar surface area (TPSA) is 363 Å². The summed E-state index contributed by atoms with van der Waals surface area (Å²) < 4.78 is 49.3. The van der Waals surface area contributed by atoms with Gasteiger partial charge in [-0.05, 0) is 0 Å². The molecule has 21 atom stereocenters. The van der Waals surface area contributed by atoms with E-state index in [1.165, 1.54) is 0 Å². The van der Waals surface area contributed by atoms with E-state index in [4.69, 9.17) is 42.6 Å². The van der Waals surface area contributed by atoms with Crippen molar-refractivity contribution >= 4 is 5.97 Å². The molecule has 1 unspecified atom stereocenters. The Morgan fingerprint density at radius 2 is 1.12 bits per heavy atom. The quantitative estimate of drug-likeness (QED) is 0.0995. The van der Waals surface area contributed by atoms with Crippen LogP contribution >= 0.6 is 0 Å². The lowest BCUT2D eigenvalue weighted by Gasteiger charge is -2.46. The molecule has 0 radical (unpaired) electrons. The SMILES string of the molecule is O=C(O)[C@H]1O[C@H](O[C@H]2[C@H](O[C@@H]3CO[C@@H](O[C@@H]4COC(O)[C@H](O)[C@H]4O)[C@H](O)[C@H]3O[C@@H]3O[C@@H](CO)[C@H](O)[C@H]3O)OC[C@@H](O)[C@@H]2O)[C@H](O)[C@@H](O)[C@@H]1O. The predicted molar refractivity (Wildman–Crippen MR) is 143 cm³/mol. The Kier molecular flexibility index (Phi) is 12.8. The molecule has 0 amide bonds. The number of aliphatic carboxylic acids is 1. The van der Waals surface area contributed by atoms with Crippen molar-refractivity contribution < 1.29 is 114 Å². The van der Waals surface area contributed by atoms with Crippen LogP contribution in [0, 0.1) is 0 Å². The molecule has 5 rings (SSSR count). The predicted octanol–water partition coefficient (Wildman–Crippen LogP) is -9.28. The Balaban J connectivity index is 1.35. The zero-order valence-electron chi connectivity index (χ0n) is 25.3. The number of hydrogen-bond donors (Lipinski definition) is 13. The molecule has 5 aliphatic heterocycles. The van der Waals surface area contributed by atoms with Gasteiger partial charge in [-0.15, -0.1) is 0 Å². The molecule has 5 saturated heterocycles. The maximum atomic E-state index is 11.6. The third-order valence-electron chi connectivity index (χ3n) is 8.80. The van der Waals surface area contributed by atoms with Crippen molar-refractivity contribution in [3.63, 3.8) is 0 Å². The summed E-state index contributed by atoms with van der Waals surface area (Å²) in [4.78, 5) is 11.6. The van der Waals surface area contributed by atoms with Gasteiger partial charge in [0, 0.05) is 0 Å². The van der Waals surface area contributed by atoms with Crippen molar-refractivity contribution in [2.45, 2.75) is 129 Å². The smallest absolute Gasteiger partial charge is 0.335 e. The Morgan fingerprint density at radius 3 is 1.78 bits per heavy atom. The first kappa shape index (κ1) is 38.9. The van der Waals surface area contributed by atoms with E-state index < -0.39 is 162 Å². The van der Waals surface area contributed by atoms with Crippen LogP contribution in [-0.4, -0.2) is 228 Å². The Labute approximate surface area is 275 Å². The van der Waals surface area contributed by atoms with Crippen molar-refractivity contribution in [3.8, 4) is 0 Å². The normalized spacial score (nSPS) is 52.6. The monoisotopic (exact) mass is 722 g/mol. The summed E-state index contributed by atoms with van der Waals surface area (Å²) in [7, 11) is 0. The second kappa shape index (κ2) is 16.1. The highest BCUT2D eigenvalue weighted by Gasteiger charge is 2.54. The largest absolute Gasteiger partial charge is 0.479 e. The second-order valence-corrected chi connectivity index (χ2v) is 12.1. The van der Waals surface area contributed by atoms with Gasteiger partial charge in [0.05, 0.1) is 26.4 Å². The van der Waals surface area contributed by atoms with Crippen molar-refractivity contribution in [1.82, 2.24) is 0 Å². The summed E-state index contributed by atoms with van der Waals surface area (Å²) in [6, 6.07) is 0. The number of carbonyl (C=O) groups is 1. The fourth-order valence-corrected chi connectivity index (χ4v) is 5.89. The van der Waals surface area contributed by atoms with E-state index in [0.29, 0.717) is 0 Å². The van der Waals surface area contributed by atoms with E-state index in [-0.39, 0.29) is 0 Å². The van der Waals surface area contributed by atoms with Gasteiger partial charge in [0.25, 0.3) is 0 Å². The molecule has 5 aliphatic rings. The first-order valence-electron chi connectivity index (χ1n) is 15.2. The highest BCUT2D eigenvalue weighted by atomic mass is 16.8.